The summed E-state index contributed by atoms with van der Waals surface area (Å²) in [6.07, 6.45) is 7.42. The SMILES string of the molecule is CC(=O)NCc1cc(OC2CCN(Cc3noc4c3CCCC4)C2)ccn1. The molecule has 2 aromatic rings. The molecule has 1 amide bonds. The monoisotopic (exact) mass is 370 g/mol. The quantitative estimate of drug-likeness (QED) is 0.840. The zero-order chi connectivity index (χ0) is 18.6. The van der Waals surface area contributed by atoms with E-state index in [-0.39, 0.29) is 12.0 Å². The first-order chi connectivity index (χ1) is 13.2. The molecule has 3 heterocycles. The van der Waals surface area contributed by atoms with Gasteiger partial charge >= 0.3 is 0 Å². The topological polar surface area (TPSA) is 80.5 Å². The Bertz CT molecular complexity index is 804. The van der Waals surface area contributed by atoms with Crippen molar-refractivity contribution in [2.24, 2.45) is 0 Å². The Labute approximate surface area is 159 Å². The first-order valence-corrected chi connectivity index (χ1v) is 9.72. The van der Waals surface area contributed by atoms with Gasteiger partial charge in [-0.1, -0.05) is 5.16 Å². The molecule has 2 aromatic heterocycles. The first-order valence-electron chi connectivity index (χ1n) is 9.72. The number of aromatic nitrogens is 2. The summed E-state index contributed by atoms with van der Waals surface area (Å²) >= 11 is 0. The molecule has 1 atom stereocenters. The minimum atomic E-state index is -0.0652. The molecule has 0 bridgehead atoms. The third-order valence-corrected chi connectivity index (χ3v) is 5.24. The van der Waals surface area contributed by atoms with Gasteiger partial charge in [-0.05, 0) is 31.7 Å². The van der Waals surface area contributed by atoms with Gasteiger partial charge in [0, 0.05) is 50.8 Å². The van der Waals surface area contributed by atoms with Crippen molar-refractivity contribution in [1.29, 1.82) is 0 Å². The van der Waals surface area contributed by atoms with E-state index in [2.05, 4.69) is 20.4 Å². The van der Waals surface area contributed by atoms with Crippen LogP contribution in [0.4, 0.5) is 0 Å². The molecule has 1 aliphatic carbocycles. The van der Waals surface area contributed by atoms with Gasteiger partial charge < -0.3 is 14.6 Å². The molecule has 1 aliphatic heterocycles. The van der Waals surface area contributed by atoms with Crippen LogP contribution in [0.5, 0.6) is 5.75 Å². The van der Waals surface area contributed by atoms with E-state index in [4.69, 9.17) is 9.26 Å². The summed E-state index contributed by atoms with van der Waals surface area (Å²) < 4.78 is 11.7. The zero-order valence-electron chi connectivity index (χ0n) is 15.7. The Morgan fingerprint density at radius 2 is 2.30 bits per heavy atom. The molecule has 1 unspecified atom stereocenters. The minimum absolute atomic E-state index is 0.0652. The number of pyridine rings is 1. The number of carbonyl (C=O) groups is 1. The Kier molecular flexibility index (Phi) is 5.38. The number of fused-ring (bicyclic) bond motifs is 1. The van der Waals surface area contributed by atoms with Crippen molar-refractivity contribution in [3.05, 3.63) is 41.0 Å². The van der Waals surface area contributed by atoms with Crippen LogP contribution >= 0.6 is 0 Å². The number of aryl methyl sites for hydroxylation is 1. The molecule has 27 heavy (non-hydrogen) atoms. The average Bonchev–Trinajstić information content (AvgIpc) is 3.28. The predicted octanol–water partition coefficient (Wildman–Crippen LogP) is 2.24. The smallest absolute Gasteiger partial charge is 0.217 e. The van der Waals surface area contributed by atoms with Crippen molar-refractivity contribution in [2.45, 2.75) is 58.2 Å². The summed E-state index contributed by atoms with van der Waals surface area (Å²) in [6.45, 7) is 4.63. The number of nitrogens with zero attached hydrogens (tertiary/aromatic N) is 3. The van der Waals surface area contributed by atoms with Crippen molar-refractivity contribution < 1.29 is 14.1 Å². The van der Waals surface area contributed by atoms with Gasteiger partial charge in [-0.15, -0.1) is 0 Å². The molecule has 0 saturated carbocycles. The van der Waals surface area contributed by atoms with Crippen molar-refractivity contribution in [3.63, 3.8) is 0 Å². The lowest BCUT2D eigenvalue weighted by atomic mass is 9.96. The zero-order valence-corrected chi connectivity index (χ0v) is 15.7. The maximum absolute atomic E-state index is 11.0. The summed E-state index contributed by atoms with van der Waals surface area (Å²) in [7, 11) is 0. The molecule has 4 rings (SSSR count). The lowest BCUT2D eigenvalue weighted by Crippen LogP contribution is -2.25. The highest BCUT2D eigenvalue weighted by molar-refractivity contribution is 5.72. The summed E-state index contributed by atoms with van der Waals surface area (Å²) in [6, 6.07) is 3.76. The number of hydrogen-bond acceptors (Lipinski definition) is 6. The van der Waals surface area contributed by atoms with E-state index in [0.717, 1.165) is 61.8 Å². The van der Waals surface area contributed by atoms with Crippen LogP contribution in [0.2, 0.25) is 0 Å². The number of likely N-dealkylation sites (tertiary alicyclic amines) is 1. The molecule has 1 N–H and O–H groups in total. The van der Waals surface area contributed by atoms with Crippen LogP contribution in [0, 0.1) is 0 Å². The van der Waals surface area contributed by atoms with E-state index >= 15 is 0 Å². The van der Waals surface area contributed by atoms with Gasteiger partial charge in [0.2, 0.25) is 5.91 Å². The number of hydrogen-bond donors (Lipinski definition) is 1. The molecule has 0 aromatic carbocycles. The number of rotatable bonds is 6. The molecule has 1 saturated heterocycles. The molecule has 144 valence electrons. The molecule has 2 aliphatic rings. The van der Waals surface area contributed by atoms with Gasteiger partial charge in [-0.3, -0.25) is 14.7 Å². The van der Waals surface area contributed by atoms with Gasteiger partial charge in [0.05, 0.1) is 12.2 Å². The Morgan fingerprint density at radius 1 is 1.41 bits per heavy atom. The highest BCUT2D eigenvalue weighted by Crippen LogP contribution is 2.26. The number of ether oxygens (including phenoxy) is 1. The van der Waals surface area contributed by atoms with Crippen molar-refractivity contribution >= 4 is 5.91 Å². The van der Waals surface area contributed by atoms with Crippen molar-refractivity contribution in [2.75, 3.05) is 13.1 Å². The molecule has 7 nitrogen and oxygen atoms in total. The second-order valence-corrected chi connectivity index (χ2v) is 7.39. The lowest BCUT2D eigenvalue weighted by molar-refractivity contribution is -0.119. The van der Waals surface area contributed by atoms with Crippen LogP contribution in [0.1, 0.15) is 48.9 Å². The maximum Gasteiger partial charge on any atom is 0.217 e. The number of amides is 1. The molecule has 0 spiro atoms. The van der Waals surface area contributed by atoms with E-state index in [1.165, 1.54) is 25.3 Å². The third kappa shape index (κ3) is 4.47. The van der Waals surface area contributed by atoms with E-state index < -0.39 is 0 Å². The molecule has 7 heteroatoms. The van der Waals surface area contributed by atoms with E-state index in [1.807, 2.05) is 12.1 Å². The van der Waals surface area contributed by atoms with Crippen LogP contribution in [0.3, 0.4) is 0 Å². The fraction of sp³-hybridized carbons (Fsp3) is 0.550. The Morgan fingerprint density at radius 3 is 3.19 bits per heavy atom. The molecular formula is C20H26N4O3. The van der Waals surface area contributed by atoms with Crippen LogP contribution < -0.4 is 10.1 Å². The van der Waals surface area contributed by atoms with E-state index in [1.54, 1.807) is 6.20 Å². The van der Waals surface area contributed by atoms with Gasteiger partial charge in [0.15, 0.2) is 0 Å². The summed E-state index contributed by atoms with van der Waals surface area (Å²) in [5, 5.41) is 7.07. The Balaban J connectivity index is 1.31. The maximum atomic E-state index is 11.0. The second kappa shape index (κ2) is 8.08. The van der Waals surface area contributed by atoms with Crippen LogP contribution in [-0.4, -0.2) is 40.1 Å². The standard InChI is InChI=1S/C20H26N4O3/c1-14(25)22-11-15-10-16(6-8-21-15)26-17-7-9-24(12-17)13-19-18-4-2-3-5-20(18)27-23-19/h6,8,10,17H,2-5,7,9,11-13H2,1H3,(H,22,25). The van der Waals surface area contributed by atoms with Gasteiger partial charge in [-0.2, -0.15) is 0 Å². The number of nitrogens with one attached hydrogen (secondary N) is 1. The molecule has 0 radical (unpaired) electrons. The molecular weight excluding hydrogens is 344 g/mol. The summed E-state index contributed by atoms with van der Waals surface area (Å²) in [5.41, 5.74) is 3.24. The average molecular weight is 370 g/mol. The first kappa shape index (κ1) is 18.0. The number of carbonyl (C=O) groups excluding carboxylic acids is 1. The summed E-state index contributed by atoms with van der Waals surface area (Å²) in [5.74, 6) is 1.83. The third-order valence-electron chi connectivity index (χ3n) is 5.24. The fourth-order valence-electron chi connectivity index (χ4n) is 3.86. The normalized spacial score (nSPS) is 19.7. The van der Waals surface area contributed by atoms with E-state index in [9.17, 15) is 4.79 Å². The van der Waals surface area contributed by atoms with Crippen LogP contribution in [-0.2, 0) is 30.7 Å². The molecule has 1 fully saturated rings. The predicted molar refractivity (Wildman–Crippen MR) is 99.2 cm³/mol. The largest absolute Gasteiger partial charge is 0.489 e. The van der Waals surface area contributed by atoms with Gasteiger partial charge in [-0.25, -0.2) is 0 Å². The second-order valence-electron chi connectivity index (χ2n) is 7.39. The summed E-state index contributed by atoms with van der Waals surface area (Å²) in [4.78, 5) is 17.7. The van der Waals surface area contributed by atoms with Crippen LogP contribution in [0.15, 0.2) is 22.9 Å². The lowest BCUT2D eigenvalue weighted by Gasteiger charge is -2.17. The highest BCUT2D eigenvalue weighted by Gasteiger charge is 2.27. The van der Waals surface area contributed by atoms with Crippen molar-refractivity contribution in [1.82, 2.24) is 20.4 Å². The van der Waals surface area contributed by atoms with Crippen molar-refractivity contribution in [3.8, 4) is 5.75 Å². The minimum Gasteiger partial charge on any atom is -0.489 e. The van der Waals surface area contributed by atoms with E-state index in [0.29, 0.717) is 6.54 Å². The van der Waals surface area contributed by atoms with Gasteiger partial charge in [0.1, 0.15) is 23.3 Å². The van der Waals surface area contributed by atoms with Crippen LogP contribution in [0.25, 0.3) is 0 Å². The fourth-order valence-corrected chi connectivity index (χ4v) is 3.86. The van der Waals surface area contributed by atoms with Gasteiger partial charge in [0.25, 0.3) is 0 Å². The highest BCUT2D eigenvalue weighted by atomic mass is 16.5. The Hall–Kier alpha value is -2.41.